The van der Waals surface area contributed by atoms with Gasteiger partial charge in [-0.25, -0.2) is 0 Å². The molecule has 1 amide bonds. The molecule has 4 aromatic rings. The average Bonchev–Trinajstić information content (AvgIpc) is 3.34. The predicted molar refractivity (Wildman–Crippen MR) is 105 cm³/mol. The minimum atomic E-state index is -0.0276. The maximum Gasteiger partial charge on any atom is 0.268 e. The molecule has 0 bridgehead atoms. The maximum atomic E-state index is 12.9. The number of aryl methyl sites for hydroxylation is 1. The van der Waals surface area contributed by atoms with Crippen LogP contribution in [0.25, 0.3) is 10.2 Å². The van der Waals surface area contributed by atoms with Crippen molar-refractivity contribution in [2.24, 2.45) is 7.05 Å². The number of thiophene rings is 2. The third kappa shape index (κ3) is 3.25. The number of aromatic nitrogens is 1. The molecule has 0 aliphatic rings. The lowest BCUT2D eigenvalue weighted by atomic mass is 10.0. The molecule has 0 aliphatic heterocycles. The van der Waals surface area contributed by atoms with Crippen molar-refractivity contribution >= 4 is 38.8 Å². The number of carbonyl (C=O) groups is 1. The van der Waals surface area contributed by atoms with Crippen molar-refractivity contribution in [3.63, 3.8) is 0 Å². The van der Waals surface area contributed by atoms with Gasteiger partial charge in [-0.1, -0.05) is 36.4 Å². The Bertz CT molecular complexity index is 983. The Balaban J connectivity index is 1.60. The number of hydrogen-bond donors (Lipinski definition) is 1. The molecule has 3 heterocycles. The van der Waals surface area contributed by atoms with Gasteiger partial charge in [0.2, 0.25) is 0 Å². The summed E-state index contributed by atoms with van der Waals surface area (Å²) in [5.41, 5.74) is 3.02. The topological polar surface area (TPSA) is 34.0 Å². The highest BCUT2D eigenvalue weighted by Gasteiger charge is 2.20. The molecule has 126 valence electrons. The second-order valence-corrected chi connectivity index (χ2v) is 7.92. The van der Waals surface area contributed by atoms with Crippen LogP contribution in [-0.4, -0.2) is 10.5 Å². The van der Waals surface area contributed by atoms with E-state index in [9.17, 15) is 4.79 Å². The summed E-state index contributed by atoms with van der Waals surface area (Å²) in [6.45, 7) is 0. The molecule has 1 atom stereocenters. The number of nitrogens with zero attached hydrogens (tertiary/aromatic N) is 1. The molecule has 0 spiro atoms. The average molecular weight is 367 g/mol. The molecular formula is C20H18N2OS2. The summed E-state index contributed by atoms with van der Waals surface area (Å²) in [6, 6.07) is 18.4. The molecule has 0 aliphatic carbocycles. The van der Waals surface area contributed by atoms with Gasteiger partial charge in [0.25, 0.3) is 5.91 Å². The maximum absolute atomic E-state index is 12.9. The van der Waals surface area contributed by atoms with Crippen LogP contribution in [0.2, 0.25) is 0 Å². The van der Waals surface area contributed by atoms with E-state index in [1.54, 1.807) is 22.7 Å². The Labute approximate surface area is 154 Å². The van der Waals surface area contributed by atoms with Crippen LogP contribution in [0.5, 0.6) is 0 Å². The van der Waals surface area contributed by atoms with E-state index in [4.69, 9.17) is 0 Å². The number of carbonyl (C=O) groups excluding carboxylic acids is 1. The first-order chi connectivity index (χ1) is 12.2. The van der Waals surface area contributed by atoms with Crippen LogP contribution in [0, 0.1) is 0 Å². The van der Waals surface area contributed by atoms with Gasteiger partial charge in [0, 0.05) is 11.9 Å². The Morgan fingerprint density at radius 3 is 2.64 bits per heavy atom. The van der Waals surface area contributed by atoms with Crippen molar-refractivity contribution in [2.75, 3.05) is 0 Å². The number of amides is 1. The molecule has 5 heteroatoms. The van der Waals surface area contributed by atoms with Gasteiger partial charge in [-0.2, -0.15) is 0 Å². The second-order valence-electron chi connectivity index (χ2n) is 5.99. The lowest BCUT2D eigenvalue weighted by molar-refractivity contribution is 0.0929. The second kappa shape index (κ2) is 6.86. The summed E-state index contributed by atoms with van der Waals surface area (Å²) in [5.74, 6) is -0.0276. The van der Waals surface area contributed by atoms with Crippen molar-refractivity contribution in [3.05, 3.63) is 81.5 Å². The molecular weight excluding hydrogens is 348 g/mol. The summed E-state index contributed by atoms with van der Waals surface area (Å²) in [7, 11) is 1.95. The van der Waals surface area contributed by atoms with Gasteiger partial charge in [0.15, 0.2) is 0 Å². The van der Waals surface area contributed by atoms with Gasteiger partial charge in [-0.05, 0) is 40.9 Å². The normalized spacial score (nSPS) is 12.4. The summed E-state index contributed by atoms with van der Waals surface area (Å²) in [4.78, 5) is 14.1. The summed E-state index contributed by atoms with van der Waals surface area (Å²) in [5, 5.41) is 7.34. The molecule has 1 unspecified atom stereocenters. The van der Waals surface area contributed by atoms with Crippen LogP contribution >= 0.6 is 22.7 Å². The van der Waals surface area contributed by atoms with Gasteiger partial charge < -0.3 is 9.88 Å². The van der Waals surface area contributed by atoms with Crippen LogP contribution in [0.3, 0.4) is 0 Å². The van der Waals surface area contributed by atoms with E-state index in [1.807, 2.05) is 41.9 Å². The third-order valence-electron chi connectivity index (χ3n) is 4.37. The minimum absolute atomic E-state index is 0.0252. The van der Waals surface area contributed by atoms with Crippen molar-refractivity contribution in [1.29, 1.82) is 0 Å². The third-order valence-corrected chi connectivity index (χ3v) is 6.21. The molecule has 0 saturated carbocycles. The molecule has 1 N–H and O–H groups in total. The fourth-order valence-electron chi connectivity index (χ4n) is 3.06. The first-order valence-corrected chi connectivity index (χ1v) is 9.89. The smallest absolute Gasteiger partial charge is 0.268 e. The lowest BCUT2D eigenvalue weighted by Gasteiger charge is -2.18. The Morgan fingerprint density at radius 2 is 1.92 bits per heavy atom. The monoisotopic (exact) mass is 366 g/mol. The van der Waals surface area contributed by atoms with Crippen LogP contribution in [0.1, 0.15) is 27.0 Å². The summed E-state index contributed by atoms with van der Waals surface area (Å²) in [6.07, 6.45) is 0.784. The van der Waals surface area contributed by atoms with E-state index in [2.05, 4.69) is 40.3 Å². The molecule has 3 nitrogen and oxygen atoms in total. The van der Waals surface area contributed by atoms with Crippen LogP contribution in [-0.2, 0) is 13.5 Å². The molecule has 0 radical (unpaired) electrons. The quantitative estimate of drug-likeness (QED) is 0.529. The Hall–Kier alpha value is -2.37. The molecule has 3 aromatic heterocycles. The van der Waals surface area contributed by atoms with Crippen LogP contribution in [0.4, 0.5) is 0 Å². The van der Waals surface area contributed by atoms with Crippen molar-refractivity contribution in [1.82, 2.24) is 9.88 Å². The van der Waals surface area contributed by atoms with E-state index in [1.165, 1.54) is 10.4 Å². The molecule has 0 saturated heterocycles. The molecule has 4 rings (SSSR count). The van der Waals surface area contributed by atoms with Crippen molar-refractivity contribution < 1.29 is 4.79 Å². The van der Waals surface area contributed by atoms with Crippen LogP contribution < -0.4 is 5.32 Å². The van der Waals surface area contributed by atoms with Crippen LogP contribution in [0.15, 0.2) is 65.4 Å². The summed E-state index contributed by atoms with van der Waals surface area (Å²) >= 11 is 3.34. The van der Waals surface area contributed by atoms with Gasteiger partial charge in [0.1, 0.15) is 5.69 Å². The van der Waals surface area contributed by atoms with Gasteiger partial charge in [0.05, 0.1) is 16.3 Å². The number of benzene rings is 1. The Morgan fingerprint density at radius 1 is 1.08 bits per heavy atom. The SMILES string of the molecule is Cn1c(C(=O)NC(Cc2ccccc2)c2cccs2)cc2sccc21. The molecule has 25 heavy (non-hydrogen) atoms. The minimum Gasteiger partial charge on any atom is -0.343 e. The zero-order valence-electron chi connectivity index (χ0n) is 13.8. The standard InChI is InChI=1S/C20H18N2OS2/c1-22-16-9-11-25-19(16)13-17(22)20(23)21-15(18-8-5-10-24-18)12-14-6-3-2-4-7-14/h2-11,13,15H,12H2,1H3,(H,21,23). The number of fused-ring (bicyclic) bond motifs is 1. The lowest BCUT2D eigenvalue weighted by Crippen LogP contribution is -2.30. The number of rotatable bonds is 5. The van der Waals surface area contributed by atoms with Crippen molar-refractivity contribution in [3.8, 4) is 0 Å². The summed E-state index contributed by atoms with van der Waals surface area (Å²) < 4.78 is 3.11. The largest absolute Gasteiger partial charge is 0.343 e. The highest BCUT2D eigenvalue weighted by atomic mass is 32.1. The number of nitrogens with one attached hydrogen (secondary N) is 1. The zero-order valence-corrected chi connectivity index (χ0v) is 15.4. The fraction of sp³-hybridized carbons (Fsp3) is 0.150. The first-order valence-electron chi connectivity index (χ1n) is 8.13. The highest BCUT2D eigenvalue weighted by molar-refractivity contribution is 7.17. The van der Waals surface area contributed by atoms with E-state index in [0.717, 1.165) is 16.6 Å². The zero-order chi connectivity index (χ0) is 17.2. The van der Waals surface area contributed by atoms with Gasteiger partial charge in [-0.15, -0.1) is 22.7 Å². The molecule has 0 fully saturated rings. The van der Waals surface area contributed by atoms with E-state index in [0.29, 0.717) is 5.69 Å². The van der Waals surface area contributed by atoms with Crippen molar-refractivity contribution in [2.45, 2.75) is 12.5 Å². The predicted octanol–water partition coefficient (Wildman–Crippen LogP) is 5.02. The number of hydrogen-bond acceptors (Lipinski definition) is 3. The van der Waals surface area contributed by atoms with E-state index in [-0.39, 0.29) is 11.9 Å². The first kappa shape index (κ1) is 16.1. The van der Waals surface area contributed by atoms with Gasteiger partial charge >= 0.3 is 0 Å². The highest BCUT2D eigenvalue weighted by Crippen LogP contribution is 2.26. The van der Waals surface area contributed by atoms with E-state index < -0.39 is 0 Å². The van der Waals surface area contributed by atoms with Gasteiger partial charge in [-0.3, -0.25) is 4.79 Å². The Kier molecular flexibility index (Phi) is 4.42. The molecule has 1 aromatic carbocycles. The van der Waals surface area contributed by atoms with E-state index >= 15 is 0 Å². The fourth-order valence-corrected chi connectivity index (χ4v) is 4.69.